The Morgan fingerprint density at radius 3 is 2.15 bits per heavy atom. The first-order valence-electron chi connectivity index (χ1n) is 11.0. The fourth-order valence-electron chi connectivity index (χ4n) is 4.69. The summed E-state index contributed by atoms with van der Waals surface area (Å²) in [6, 6.07) is 6.46. The van der Waals surface area contributed by atoms with E-state index in [-0.39, 0.29) is 29.2 Å². The Kier molecular flexibility index (Phi) is 4.87. The molecule has 2 unspecified atom stereocenters. The number of benzene rings is 1. The van der Waals surface area contributed by atoms with Gasteiger partial charge in [-0.25, -0.2) is 4.98 Å². The molecule has 5 heterocycles. The second-order valence-electron chi connectivity index (χ2n) is 8.45. The van der Waals surface area contributed by atoms with E-state index in [1.54, 1.807) is 24.3 Å². The zero-order chi connectivity index (χ0) is 22.6. The Morgan fingerprint density at radius 1 is 0.818 bits per heavy atom. The molecule has 6 rings (SSSR count). The molecule has 2 atom stereocenters. The summed E-state index contributed by atoms with van der Waals surface area (Å²) in [5, 5.41) is 0. The van der Waals surface area contributed by atoms with Crippen LogP contribution in [0.4, 0.5) is 25.1 Å². The molecular formula is C21H22F3N7O2. The van der Waals surface area contributed by atoms with E-state index < -0.39 is 12.0 Å². The highest BCUT2D eigenvalue weighted by Crippen LogP contribution is 2.34. The van der Waals surface area contributed by atoms with Gasteiger partial charge in [0.2, 0.25) is 23.7 Å². The van der Waals surface area contributed by atoms with E-state index in [1.807, 2.05) is 9.80 Å². The van der Waals surface area contributed by atoms with Gasteiger partial charge in [-0.3, -0.25) is 4.57 Å². The average molecular weight is 461 g/mol. The molecule has 3 aromatic rings. The van der Waals surface area contributed by atoms with Crippen LogP contribution in [0, 0.1) is 0 Å². The second-order valence-corrected chi connectivity index (χ2v) is 8.45. The maximum absolute atomic E-state index is 14.0. The Bertz CT molecular complexity index is 1170. The van der Waals surface area contributed by atoms with Gasteiger partial charge < -0.3 is 19.3 Å². The minimum atomic E-state index is -4.68. The number of alkyl halides is 3. The number of rotatable bonds is 3. The van der Waals surface area contributed by atoms with Crippen molar-refractivity contribution in [3.63, 3.8) is 0 Å². The molecule has 3 aliphatic heterocycles. The third-order valence-corrected chi connectivity index (χ3v) is 6.23. The number of imidazole rings is 1. The summed E-state index contributed by atoms with van der Waals surface area (Å²) in [5.41, 5.74) is 0.515. The van der Waals surface area contributed by atoms with E-state index in [9.17, 15) is 13.2 Å². The Hall–Kier alpha value is -2.99. The van der Waals surface area contributed by atoms with Crippen molar-refractivity contribution in [1.29, 1.82) is 0 Å². The zero-order valence-corrected chi connectivity index (χ0v) is 17.7. The molecule has 3 fully saturated rings. The fraction of sp³-hybridized carbons (Fsp3) is 0.524. The molecule has 2 bridgehead atoms. The van der Waals surface area contributed by atoms with Crippen molar-refractivity contribution in [3.8, 4) is 5.95 Å². The molecule has 3 saturated heterocycles. The van der Waals surface area contributed by atoms with Crippen molar-refractivity contribution in [2.75, 3.05) is 49.2 Å². The summed E-state index contributed by atoms with van der Waals surface area (Å²) in [6.45, 7) is 3.29. The molecule has 1 aromatic carbocycles. The Balaban J connectivity index is 1.52. The summed E-state index contributed by atoms with van der Waals surface area (Å²) in [7, 11) is 0. The van der Waals surface area contributed by atoms with Gasteiger partial charge in [0, 0.05) is 26.2 Å². The number of morpholine rings is 2. The number of ether oxygens (including phenoxy) is 2. The lowest BCUT2D eigenvalue weighted by molar-refractivity contribution is -0.145. The molecule has 9 nitrogen and oxygen atoms in total. The van der Waals surface area contributed by atoms with Crippen LogP contribution in [0.2, 0.25) is 0 Å². The van der Waals surface area contributed by atoms with Crippen LogP contribution in [-0.4, -0.2) is 76.1 Å². The smallest absolute Gasteiger partial charge is 0.378 e. The molecule has 2 aromatic heterocycles. The molecule has 0 aliphatic carbocycles. The summed E-state index contributed by atoms with van der Waals surface area (Å²) < 4.78 is 54.3. The van der Waals surface area contributed by atoms with Crippen LogP contribution in [0.25, 0.3) is 17.0 Å². The SMILES string of the molecule is FC(F)(F)c1nc2ccccc2n1-c1nc(N2CCOCC2)nc(N2CC3CCC(C2)O3)n1. The summed E-state index contributed by atoms with van der Waals surface area (Å²) in [5.74, 6) is -0.465. The van der Waals surface area contributed by atoms with E-state index in [0.29, 0.717) is 51.3 Å². The Labute approximate surface area is 187 Å². The van der Waals surface area contributed by atoms with Crippen LogP contribution in [-0.2, 0) is 15.7 Å². The number of aromatic nitrogens is 5. The molecule has 174 valence electrons. The fourth-order valence-corrected chi connectivity index (χ4v) is 4.69. The zero-order valence-electron chi connectivity index (χ0n) is 17.7. The van der Waals surface area contributed by atoms with E-state index in [1.165, 1.54) is 0 Å². The van der Waals surface area contributed by atoms with E-state index in [4.69, 9.17) is 9.47 Å². The topological polar surface area (TPSA) is 81.4 Å². The van der Waals surface area contributed by atoms with E-state index in [0.717, 1.165) is 17.4 Å². The van der Waals surface area contributed by atoms with Gasteiger partial charge in [0.15, 0.2) is 0 Å². The molecule has 33 heavy (non-hydrogen) atoms. The molecule has 0 saturated carbocycles. The molecule has 0 radical (unpaired) electrons. The van der Waals surface area contributed by atoms with Gasteiger partial charge in [-0.05, 0) is 25.0 Å². The highest BCUT2D eigenvalue weighted by molar-refractivity contribution is 5.77. The molecule has 12 heteroatoms. The van der Waals surface area contributed by atoms with E-state index >= 15 is 0 Å². The molecule has 0 N–H and O–H groups in total. The van der Waals surface area contributed by atoms with Crippen molar-refractivity contribution in [1.82, 2.24) is 24.5 Å². The number of fused-ring (bicyclic) bond motifs is 3. The maximum atomic E-state index is 14.0. The van der Waals surface area contributed by atoms with E-state index in [2.05, 4.69) is 19.9 Å². The van der Waals surface area contributed by atoms with Gasteiger partial charge in [0.1, 0.15) is 0 Å². The quantitative estimate of drug-likeness (QED) is 0.589. The summed E-state index contributed by atoms with van der Waals surface area (Å²) in [6.07, 6.45) is -2.60. The van der Waals surface area contributed by atoms with Gasteiger partial charge in [-0.15, -0.1) is 0 Å². The van der Waals surface area contributed by atoms with Crippen molar-refractivity contribution in [2.24, 2.45) is 0 Å². The normalized spacial score (nSPS) is 23.5. The summed E-state index contributed by atoms with van der Waals surface area (Å²) in [4.78, 5) is 21.4. The average Bonchev–Trinajstić information content (AvgIpc) is 3.39. The predicted octanol–water partition coefficient (Wildman–Crippen LogP) is 2.43. The van der Waals surface area contributed by atoms with Crippen LogP contribution in [0.15, 0.2) is 24.3 Å². The third-order valence-electron chi connectivity index (χ3n) is 6.23. The van der Waals surface area contributed by atoms with Gasteiger partial charge >= 0.3 is 6.18 Å². The van der Waals surface area contributed by atoms with Gasteiger partial charge in [0.25, 0.3) is 0 Å². The lowest BCUT2D eigenvalue weighted by Crippen LogP contribution is -2.44. The number of anilines is 2. The molecule has 0 amide bonds. The number of nitrogens with zero attached hydrogens (tertiary/aromatic N) is 7. The molecular weight excluding hydrogens is 439 g/mol. The lowest BCUT2D eigenvalue weighted by Gasteiger charge is -2.33. The van der Waals surface area contributed by atoms with Crippen molar-refractivity contribution in [2.45, 2.75) is 31.2 Å². The summed E-state index contributed by atoms with van der Waals surface area (Å²) >= 11 is 0. The Morgan fingerprint density at radius 2 is 1.45 bits per heavy atom. The van der Waals surface area contributed by atoms with Crippen molar-refractivity contribution in [3.05, 3.63) is 30.1 Å². The monoisotopic (exact) mass is 461 g/mol. The van der Waals surface area contributed by atoms with Gasteiger partial charge in [0.05, 0.1) is 36.5 Å². The largest absolute Gasteiger partial charge is 0.450 e. The number of hydrogen-bond donors (Lipinski definition) is 0. The first-order valence-corrected chi connectivity index (χ1v) is 11.0. The highest BCUT2D eigenvalue weighted by atomic mass is 19.4. The minimum absolute atomic E-state index is 0.0793. The van der Waals surface area contributed by atoms with Crippen LogP contribution in [0.5, 0.6) is 0 Å². The first kappa shape index (κ1) is 20.6. The predicted molar refractivity (Wildman–Crippen MR) is 113 cm³/mol. The van der Waals surface area contributed by atoms with Gasteiger partial charge in [-0.2, -0.15) is 28.1 Å². The molecule has 3 aliphatic rings. The minimum Gasteiger partial charge on any atom is -0.378 e. The van der Waals surface area contributed by atoms with Crippen LogP contribution in [0.3, 0.4) is 0 Å². The van der Waals surface area contributed by atoms with Crippen LogP contribution < -0.4 is 9.80 Å². The number of para-hydroxylation sites is 2. The number of hydrogen-bond acceptors (Lipinski definition) is 8. The van der Waals surface area contributed by atoms with Crippen molar-refractivity contribution >= 4 is 22.9 Å². The van der Waals surface area contributed by atoms with Crippen molar-refractivity contribution < 1.29 is 22.6 Å². The van der Waals surface area contributed by atoms with Gasteiger partial charge in [-0.1, -0.05) is 12.1 Å². The lowest BCUT2D eigenvalue weighted by atomic mass is 10.2. The standard InChI is InChI=1S/C21H22F3N7O2/c22-21(23,24)17-25-15-3-1-2-4-16(15)31(17)20-27-18(29-7-9-32-10-8-29)26-19(28-20)30-11-13-5-6-14(12-30)33-13/h1-4,13-14H,5-12H2. The van der Waals surface area contributed by atoms with Crippen LogP contribution in [0.1, 0.15) is 18.7 Å². The maximum Gasteiger partial charge on any atom is 0.450 e. The van der Waals surface area contributed by atoms with Crippen LogP contribution >= 0.6 is 0 Å². The highest BCUT2D eigenvalue weighted by Gasteiger charge is 2.40. The molecule has 0 spiro atoms. The third kappa shape index (κ3) is 3.76. The number of halogens is 3. The first-order chi connectivity index (χ1) is 16.0. The second kappa shape index (κ2) is 7.80.